The topological polar surface area (TPSA) is 53.0 Å². The van der Waals surface area contributed by atoms with E-state index in [0.717, 1.165) is 37.0 Å². The monoisotopic (exact) mass is 381 g/mol. The molecule has 1 aromatic heterocycles. The summed E-state index contributed by atoms with van der Waals surface area (Å²) in [6, 6.07) is 12.5. The van der Waals surface area contributed by atoms with Gasteiger partial charge in [-0.1, -0.05) is 30.3 Å². The number of nitrogens with zero attached hydrogens (tertiary/aromatic N) is 4. The van der Waals surface area contributed by atoms with Crippen molar-refractivity contribution in [3.8, 4) is 0 Å². The summed E-state index contributed by atoms with van der Waals surface area (Å²) >= 11 is 0. The molecule has 3 rings (SSSR count). The van der Waals surface area contributed by atoms with Crippen LogP contribution in [0.15, 0.2) is 47.6 Å². The molecule has 1 saturated heterocycles. The van der Waals surface area contributed by atoms with E-state index in [0.29, 0.717) is 13.2 Å². The second kappa shape index (κ2) is 9.55. The number of aliphatic imine (C=N–C) groups is 1. The van der Waals surface area contributed by atoms with E-state index in [2.05, 4.69) is 59.4 Å². The normalized spacial score (nSPS) is 17.5. The fourth-order valence-corrected chi connectivity index (χ4v) is 3.52. The molecule has 2 aromatic rings. The standard InChI is InChI=1S/C22H31N5O/c1-5-23-22(25-15-18-10-8-12-24-21(18)26(3)4)27-13-14-28-20(16-27)19-11-7-6-9-17(19)2/h6-12,20H,5,13-16H2,1-4H3,(H,23,25). The first kappa shape index (κ1) is 20.1. The van der Waals surface area contributed by atoms with Gasteiger partial charge in [0.05, 0.1) is 19.7 Å². The van der Waals surface area contributed by atoms with Crippen LogP contribution in [0.1, 0.15) is 29.7 Å². The Balaban J connectivity index is 1.78. The van der Waals surface area contributed by atoms with Gasteiger partial charge < -0.3 is 19.9 Å². The van der Waals surface area contributed by atoms with Crippen molar-refractivity contribution >= 4 is 11.8 Å². The van der Waals surface area contributed by atoms with E-state index in [1.165, 1.54) is 11.1 Å². The first-order valence-corrected chi connectivity index (χ1v) is 9.91. The van der Waals surface area contributed by atoms with Gasteiger partial charge in [0.25, 0.3) is 0 Å². The smallest absolute Gasteiger partial charge is 0.194 e. The minimum atomic E-state index is 0.0644. The summed E-state index contributed by atoms with van der Waals surface area (Å²) < 4.78 is 6.08. The molecule has 0 amide bonds. The average molecular weight is 382 g/mol. The van der Waals surface area contributed by atoms with Crippen LogP contribution in [0.5, 0.6) is 0 Å². The molecule has 1 N–H and O–H groups in total. The van der Waals surface area contributed by atoms with E-state index in [-0.39, 0.29) is 6.10 Å². The third-order valence-electron chi connectivity index (χ3n) is 4.93. The third kappa shape index (κ3) is 4.81. The van der Waals surface area contributed by atoms with Crippen molar-refractivity contribution in [2.45, 2.75) is 26.5 Å². The Labute approximate surface area is 168 Å². The number of aryl methyl sites for hydroxylation is 1. The van der Waals surface area contributed by atoms with Gasteiger partial charge in [-0.2, -0.15) is 0 Å². The predicted octanol–water partition coefficient (Wildman–Crippen LogP) is 3.00. The van der Waals surface area contributed by atoms with E-state index in [4.69, 9.17) is 9.73 Å². The first-order chi connectivity index (χ1) is 13.6. The summed E-state index contributed by atoms with van der Waals surface area (Å²) in [6.45, 7) is 7.99. The SMILES string of the molecule is CCNC(=NCc1cccnc1N(C)C)N1CCOC(c2ccccc2C)C1. The number of anilines is 1. The van der Waals surface area contributed by atoms with E-state index < -0.39 is 0 Å². The second-order valence-electron chi connectivity index (χ2n) is 7.21. The van der Waals surface area contributed by atoms with Gasteiger partial charge in [-0.15, -0.1) is 0 Å². The first-order valence-electron chi connectivity index (χ1n) is 9.91. The molecule has 1 atom stereocenters. The van der Waals surface area contributed by atoms with Crippen molar-refractivity contribution in [1.82, 2.24) is 15.2 Å². The lowest BCUT2D eigenvalue weighted by molar-refractivity contribution is -0.00834. The molecule has 1 unspecified atom stereocenters. The average Bonchev–Trinajstić information content (AvgIpc) is 2.71. The van der Waals surface area contributed by atoms with Gasteiger partial charge in [0.1, 0.15) is 11.9 Å². The number of hydrogen-bond acceptors (Lipinski definition) is 4. The molecule has 2 heterocycles. The Kier molecular flexibility index (Phi) is 6.87. The maximum absolute atomic E-state index is 6.08. The number of benzene rings is 1. The van der Waals surface area contributed by atoms with Crippen LogP contribution in [0.4, 0.5) is 5.82 Å². The van der Waals surface area contributed by atoms with Crippen molar-refractivity contribution in [3.63, 3.8) is 0 Å². The number of guanidine groups is 1. The van der Waals surface area contributed by atoms with Crippen LogP contribution in [-0.2, 0) is 11.3 Å². The van der Waals surface area contributed by atoms with E-state index in [1.807, 2.05) is 31.3 Å². The highest BCUT2D eigenvalue weighted by Gasteiger charge is 2.25. The summed E-state index contributed by atoms with van der Waals surface area (Å²) in [5.74, 6) is 1.89. The molecule has 28 heavy (non-hydrogen) atoms. The van der Waals surface area contributed by atoms with Crippen LogP contribution >= 0.6 is 0 Å². The van der Waals surface area contributed by atoms with Gasteiger partial charge in [0, 0.05) is 38.9 Å². The molecule has 1 aliphatic rings. The molecule has 1 fully saturated rings. The van der Waals surface area contributed by atoms with Gasteiger partial charge in [-0.3, -0.25) is 0 Å². The molecule has 0 spiro atoms. The van der Waals surface area contributed by atoms with Gasteiger partial charge in [0.2, 0.25) is 0 Å². The fraction of sp³-hybridized carbons (Fsp3) is 0.455. The Hall–Kier alpha value is -2.60. The zero-order valence-electron chi connectivity index (χ0n) is 17.4. The lowest BCUT2D eigenvalue weighted by Gasteiger charge is -2.36. The maximum atomic E-state index is 6.08. The van der Waals surface area contributed by atoms with Crippen LogP contribution in [0.2, 0.25) is 0 Å². The Morgan fingerprint density at radius 1 is 1.29 bits per heavy atom. The van der Waals surface area contributed by atoms with Crippen molar-refractivity contribution in [2.75, 3.05) is 45.2 Å². The predicted molar refractivity (Wildman–Crippen MR) is 115 cm³/mol. The van der Waals surface area contributed by atoms with Gasteiger partial charge in [-0.05, 0) is 31.0 Å². The summed E-state index contributed by atoms with van der Waals surface area (Å²) in [5.41, 5.74) is 3.64. The Morgan fingerprint density at radius 2 is 2.11 bits per heavy atom. The zero-order valence-corrected chi connectivity index (χ0v) is 17.4. The molecular formula is C22H31N5O. The van der Waals surface area contributed by atoms with Crippen molar-refractivity contribution in [3.05, 3.63) is 59.3 Å². The Bertz CT molecular complexity index is 805. The molecule has 1 aromatic carbocycles. The van der Waals surface area contributed by atoms with Crippen LogP contribution in [0.25, 0.3) is 0 Å². The van der Waals surface area contributed by atoms with Crippen LogP contribution in [0.3, 0.4) is 0 Å². The molecule has 0 aliphatic carbocycles. The zero-order chi connectivity index (χ0) is 19.9. The number of rotatable bonds is 5. The highest BCUT2D eigenvalue weighted by atomic mass is 16.5. The van der Waals surface area contributed by atoms with Crippen molar-refractivity contribution in [2.24, 2.45) is 4.99 Å². The van der Waals surface area contributed by atoms with Crippen LogP contribution in [-0.4, -0.2) is 56.2 Å². The van der Waals surface area contributed by atoms with Crippen molar-refractivity contribution in [1.29, 1.82) is 0 Å². The van der Waals surface area contributed by atoms with Gasteiger partial charge in [-0.25, -0.2) is 9.98 Å². The molecule has 0 radical (unpaired) electrons. The summed E-state index contributed by atoms with van der Waals surface area (Å²) in [4.78, 5) is 13.7. The van der Waals surface area contributed by atoms with Gasteiger partial charge in [0.15, 0.2) is 5.96 Å². The van der Waals surface area contributed by atoms with Crippen LogP contribution < -0.4 is 10.2 Å². The highest BCUT2D eigenvalue weighted by molar-refractivity contribution is 5.80. The lowest BCUT2D eigenvalue weighted by atomic mass is 10.0. The summed E-state index contributed by atoms with van der Waals surface area (Å²) in [5, 5.41) is 3.44. The lowest BCUT2D eigenvalue weighted by Crippen LogP contribution is -2.48. The maximum Gasteiger partial charge on any atom is 0.194 e. The third-order valence-corrected chi connectivity index (χ3v) is 4.93. The molecule has 1 aliphatic heterocycles. The summed E-state index contributed by atoms with van der Waals surface area (Å²) in [6.07, 6.45) is 1.89. The number of hydrogen-bond donors (Lipinski definition) is 1. The van der Waals surface area contributed by atoms with E-state index in [1.54, 1.807) is 0 Å². The largest absolute Gasteiger partial charge is 0.370 e. The fourth-order valence-electron chi connectivity index (χ4n) is 3.52. The molecule has 6 nitrogen and oxygen atoms in total. The number of pyridine rings is 1. The molecule has 0 bridgehead atoms. The molecule has 6 heteroatoms. The van der Waals surface area contributed by atoms with E-state index in [9.17, 15) is 0 Å². The quantitative estimate of drug-likeness (QED) is 0.637. The number of morpholine rings is 1. The van der Waals surface area contributed by atoms with Crippen molar-refractivity contribution < 1.29 is 4.74 Å². The minimum absolute atomic E-state index is 0.0644. The Morgan fingerprint density at radius 3 is 2.86 bits per heavy atom. The number of ether oxygens (including phenoxy) is 1. The highest BCUT2D eigenvalue weighted by Crippen LogP contribution is 2.25. The molecule has 150 valence electrons. The van der Waals surface area contributed by atoms with Gasteiger partial charge >= 0.3 is 0 Å². The minimum Gasteiger partial charge on any atom is -0.370 e. The number of nitrogens with one attached hydrogen (secondary N) is 1. The van der Waals surface area contributed by atoms with Crippen LogP contribution in [0, 0.1) is 6.92 Å². The molecular weight excluding hydrogens is 350 g/mol. The molecule has 0 saturated carbocycles. The second-order valence-corrected chi connectivity index (χ2v) is 7.21. The number of aromatic nitrogens is 1. The summed E-state index contributed by atoms with van der Waals surface area (Å²) in [7, 11) is 4.02. The van der Waals surface area contributed by atoms with E-state index >= 15 is 0 Å².